The lowest BCUT2D eigenvalue weighted by Gasteiger charge is -2.26. The first-order valence-electron chi connectivity index (χ1n) is 4.13. The van der Waals surface area contributed by atoms with E-state index in [0.29, 0.717) is 12.5 Å². The highest BCUT2D eigenvalue weighted by molar-refractivity contribution is 7.08. The molecule has 0 amide bonds. The van der Waals surface area contributed by atoms with E-state index in [1.165, 1.54) is 0 Å². The second kappa shape index (κ2) is 2.98. The predicted molar refractivity (Wildman–Crippen MR) is 49.1 cm³/mol. The minimum absolute atomic E-state index is 0.215. The summed E-state index contributed by atoms with van der Waals surface area (Å²) in [5, 5.41) is 3.97. The van der Waals surface area contributed by atoms with Crippen LogP contribution in [0.4, 0.5) is 0 Å². The van der Waals surface area contributed by atoms with Gasteiger partial charge in [-0.15, -0.1) is 11.3 Å². The van der Waals surface area contributed by atoms with Crippen molar-refractivity contribution in [2.24, 2.45) is 5.92 Å². The van der Waals surface area contributed by atoms with Crippen molar-refractivity contribution < 1.29 is 9.47 Å². The van der Waals surface area contributed by atoms with Crippen LogP contribution in [0.2, 0.25) is 0 Å². The van der Waals surface area contributed by atoms with Gasteiger partial charge < -0.3 is 9.47 Å². The van der Waals surface area contributed by atoms with E-state index in [4.69, 9.17) is 9.47 Å². The molecule has 1 aliphatic rings. The zero-order valence-electron chi connectivity index (χ0n) is 7.24. The molecule has 0 spiro atoms. The molecule has 12 heavy (non-hydrogen) atoms. The Morgan fingerprint density at radius 1 is 1.42 bits per heavy atom. The van der Waals surface area contributed by atoms with E-state index in [1.54, 1.807) is 11.3 Å². The smallest absolute Gasteiger partial charge is 0.172 e. The van der Waals surface area contributed by atoms with Crippen molar-refractivity contribution in [1.29, 1.82) is 0 Å². The van der Waals surface area contributed by atoms with E-state index in [2.05, 4.69) is 13.8 Å². The largest absolute Gasteiger partial charge is 0.485 e. The maximum absolute atomic E-state index is 5.72. The third kappa shape index (κ3) is 1.29. The first-order chi connectivity index (χ1) is 5.77. The molecule has 0 N–H and O–H groups in total. The van der Waals surface area contributed by atoms with Gasteiger partial charge in [-0.25, -0.2) is 0 Å². The van der Waals surface area contributed by atoms with E-state index < -0.39 is 0 Å². The average Bonchev–Trinajstić information content (AvgIpc) is 2.49. The predicted octanol–water partition coefficient (Wildman–Crippen LogP) is 2.54. The molecule has 1 unspecified atom stereocenters. The topological polar surface area (TPSA) is 18.5 Å². The second-order valence-corrected chi connectivity index (χ2v) is 4.06. The van der Waals surface area contributed by atoms with Crippen molar-refractivity contribution in [3.05, 3.63) is 10.8 Å². The molecule has 3 heteroatoms. The van der Waals surface area contributed by atoms with E-state index in [9.17, 15) is 0 Å². The molecule has 0 saturated heterocycles. The molecule has 2 nitrogen and oxygen atoms in total. The van der Waals surface area contributed by atoms with Gasteiger partial charge in [0.25, 0.3) is 0 Å². The Labute approximate surface area is 76.1 Å². The first kappa shape index (κ1) is 7.92. The summed E-state index contributed by atoms with van der Waals surface area (Å²) in [5.41, 5.74) is 0. The fourth-order valence-electron chi connectivity index (χ4n) is 1.16. The minimum Gasteiger partial charge on any atom is -0.485 e. The van der Waals surface area contributed by atoms with Crippen LogP contribution in [0, 0.1) is 5.92 Å². The van der Waals surface area contributed by atoms with Crippen molar-refractivity contribution in [2.75, 3.05) is 6.61 Å². The summed E-state index contributed by atoms with van der Waals surface area (Å²) in [7, 11) is 0. The molecule has 0 fully saturated rings. The van der Waals surface area contributed by atoms with E-state index in [0.717, 1.165) is 11.5 Å². The third-order valence-electron chi connectivity index (χ3n) is 2.02. The molecule has 0 bridgehead atoms. The lowest BCUT2D eigenvalue weighted by molar-refractivity contribution is 0.0603. The monoisotopic (exact) mass is 184 g/mol. The molecule has 1 aliphatic heterocycles. The number of hydrogen-bond acceptors (Lipinski definition) is 3. The van der Waals surface area contributed by atoms with Gasteiger partial charge >= 0.3 is 0 Å². The van der Waals surface area contributed by atoms with Crippen LogP contribution in [-0.2, 0) is 0 Å². The third-order valence-corrected chi connectivity index (χ3v) is 2.72. The Hall–Kier alpha value is -0.700. The maximum Gasteiger partial charge on any atom is 0.172 e. The van der Waals surface area contributed by atoms with Crippen molar-refractivity contribution in [2.45, 2.75) is 20.0 Å². The van der Waals surface area contributed by atoms with Crippen molar-refractivity contribution in [1.82, 2.24) is 0 Å². The quantitative estimate of drug-likeness (QED) is 0.667. The zero-order chi connectivity index (χ0) is 8.55. The fourth-order valence-corrected chi connectivity index (χ4v) is 1.83. The van der Waals surface area contributed by atoms with Crippen LogP contribution in [0.25, 0.3) is 0 Å². The number of fused-ring (bicyclic) bond motifs is 1. The van der Waals surface area contributed by atoms with Crippen LogP contribution in [0.1, 0.15) is 13.8 Å². The van der Waals surface area contributed by atoms with Crippen molar-refractivity contribution in [3.63, 3.8) is 0 Å². The Kier molecular flexibility index (Phi) is 1.97. The Morgan fingerprint density at radius 2 is 2.17 bits per heavy atom. The van der Waals surface area contributed by atoms with Crippen LogP contribution in [0.15, 0.2) is 10.8 Å². The molecule has 0 aliphatic carbocycles. The summed E-state index contributed by atoms with van der Waals surface area (Å²) in [5.74, 6) is 2.32. The summed E-state index contributed by atoms with van der Waals surface area (Å²) < 4.78 is 11.2. The highest BCUT2D eigenvalue weighted by Gasteiger charge is 2.23. The van der Waals surface area contributed by atoms with Gasteiger partial charge in [-0.1, -0.05) is 13.8 Å². The molecular formula is C9H12O2S. The Morgan fingerprint density at radius 3 is 2.92 bits per heavy atom. The SMILES string of the molecule is CC(C)C1COc2cscc2O1. The normalized spacial score (nSPS) is 21.4. The summed E-state index contributed by atoms with van der Waals surface area (Å²) in [6.07, 6.45) is 0.215. The molecule has 2 heterocycles. The van der Waals surface area contributed by atoms with Gasteiger partial charge in [0.15, 0.2) is 11.5 Å². The van der Waals surface area contributed by atoms with Gasteiger partial charge in [-0.2, -0.15) is 0 Å². The summed E-state index contributed by atoms with van der Waals surface area (Å²) in [4.78, 5) is 0. The molecule has 1 atom stereocenters. The lowest BCUT2D eigenvalue weighted by Crippen LogP contribution is -2.33. The van der Waals surface area contributed by atoms with Crippen molar-refractivity contribution >= 4 is 11.3 Å². The second-order valence-electron chi connectivity index (χ2n) is 3.31. The van der Waals surface area contributed by atoms with Gasteiger partial charge in [0.05, 0.1) is 0 Å². The van der Waals surface area contributed by atoms with Gasteiger partial charge in [0.2, 0.25) is 0 Å². The molecule has 2 rings (SSSR count). The van der Waals surface area contributed by atoms with E-state index in [1.807, 2.05) is 10.8 Å². The van der Waals surface area contributed by atoms with Crippen LogP contribution in [-0.4, -0.2) is 12.7 Å². The standard InChI is InChI=1S/C9H12O2S/c1-6(2)7-3-10-8-4-12-5-9(8)11-7/h4-7H,3H2,1-2H3. The van der Waals surface area contributed by atoms with Gasteiger partial charge in [0, 0.05) is 10.8 Å². The first-order valence-corrected chi connectivity index (χ1v) is 5.07. The maximum atomic E-state index is 5.72. The fraction of sp³-hybridized carbons (Fsp3) is 0.556. The Bertz CT molecular complexity index is 267. The van der Waals surface area contributed by atoms with Crippen LogP contribution >= 0.6 is 11.3 Å². The molecule has 1 aromatic rings. The number of rotatable bonds is 1. The average molecular weight is 184 g/mol. The minimum atomic E-state index is 0.215. The molecule has 1 aromatic heterocycles. The van der Waals surface area contributed by atoms with Crippen molar-refractivity contribution in [3.8, 4) is 11.5 Å². The van der Waals surface area contributed by atoms with Gasteiger partial charge in [0.1, 0.15) is 12.7 Å². The summed E-state index contributed by atoms with van der Waals surface area (Å²) in [6.45, 7) is 4.97. The van der Waals surface area contributed by atoms with E-state index >= 15 is 0 Å². The highest BCUT2D eigenvalue weighted by atomic mass is 32.1. The van der Waals surface area contributed by atoms with Gasteiger partial charge in [-0.05, 0) is 5.92 Å². The lowest BCUT2D eigenvalue weighted by atomic mass is 10.1. The number of hydrogen-bond donors (Lipinski definition) is 0. The van der Waals surface area contributed by atoms with Gasteiger partial charge in [-0.3, -0.25) is 0 Å². The highest BCUT2D eigenvalue weighted by Crippen LogP contribution is 2.36. The van der Waals surface area contributed by atoms with Crippen LogP contribution < -0.4 is 9.47 Å². The molecule has 0 aromatic carbocycles. The number of ether oxygens (including phenoxy) is 2. The van der Waals surface area contributed by atoms with E-state index in [-0.39, 0.29) is 6.10 Å². The number of thiophene rings is 1. The van der Waals surface area contributed by atoms with Crippen LogP contribution in [0.5, 0.6) is 11.5 Å². The Balaban J connectivity index is 2.15. The molecular weight excluding hydrogens is 172 g/mol. The zero-order valence-corrected chi connectivity index (χ0v) is 8.06. The summed E-state index contributed by atoms with van der Waals surface area (Å²) in [6, 6.07) is 0. The molecule has 0 radical (unpaired) electrons. The molecule has 0 saturated carbocycles. The molecule has 66 valence electrons. The summed E-state index contributed by atoms with van der Waals surface area (Å²) >= 11 is 1.62. The van der Waals surface area contributed by atoms with Crippen LogP contribution in [0.3, 0.4) is 0 Å².